The first-order chi connectivity index (χ1) is 17.5. The molecule has 2 saturated heterocycles. The molecule has 36 heavy (non-hydrogen) atoms. The maximum atomic E-state index is 12.6. The highest BCUT2D eigenvalue weighted by Gasteiger charge is 2.44. The van der Waals surface area contributed by atoms with Gasteiger partial charge in [-0.2, -0.15) is 5.10 Å². The van der Waals surface area contributed by atoms with E-state index in [1.807, 2.05) is 47.4 Å². The molecule has 1 N–H and O–H groups in total. The van der Waals surface area contributed by atoms with Gasteiger partial charge in [-0.05, 0) is 30.0 Å². The fraction of sp³-hybridized carbons (Fsp3) is 0.321. The summed E-state index contributed by atoms with van der Waals surface area (Å²) in [6.07, 6.45) is 5.71. The SMILES string of the molecule is Cn1cc(-c2ccc3cnn(Cc4ccccc4)c3c2)c(OC2CC3CCC(C2)N3C(=O)O)cc1=O. The van der Waals surface area contributed by atoms with Gasteiger partial charge in [-0.15, -0.1) is 0 Å². The van der Waals surface area contributed by atoms with Crippen molar-refractivity contribution >= 4 is 17.0 Å². The van der Waals surface area contributed by atoms with Crippen LogP contribution in [0.5, 0.6) is 5.75 Å². The summed E-state index contributed by atoms with van der Waals surface area (Å²) in [5, 5.41) is 15.2. The van der Waals surface area contributed by atoms with Gasteiger partial charge in [0.2, 0.25) is 0 Å². The van der Waals surface area contributed by atoms with Crippen LogP contribution in [0, 0.1) is 0 Å². The van der Waals surface area contributed by atoms with Gasteiger partial charge in [-0.1, -0.05) is 42.5 Å². The fourth-order valence-electron chi connectivity index (χ4n) is 5.76. The number of fused-ring (bicyclic) bond motifs is 3. The number of hydrogen-bond acceptors (Lipinski definition) is 4. The standard InChI is InChI=1S/C28H28N4O4/c1-30-17-24(19-7-8-20-15-29-31(25(20)11-19)16-18-5-3-2-4-6-18)26(14-27(30)33)36-23-12-21-9-10-22(13-23)32(21)28(34)35/h2-8,11,14-15,17,21-23H,9-10,12-13,16H2,1H3,(H,34,35). The van der Waals surface area contributed by atoms with Gasteiger partial charge in [0.25, 0.3) is 5.56 Å². The molecule has 0 saturated carbocycles. The lowest BCUT2D eigenvalue weighted by Crippen LogP contribution is -2.48. The molecule has 184 valence electrons. The Labute approximate surface area is 208 Å². The molecule has 2 atom stereocenters. The van der Waals surface area contributed by atoms with Crippen LogP contribution in [0.4, 0.5) is 4.79 Å². The molecule has 2 bridgehead atoms. The van der Waals surface area contributed by atoms with E-state index in [1.54, 1.807) is 22.6 Å². The zero-order valence-electron chi connectivity index (χ0n) is 20.1. The second-order valence-corrected chi connectivity index (χ2v) is 9.85. The molecular weight excluding hydrogens is 456 g/mol. The van der Waals surface area contributed by atoms with Crippen LogP contribution < -0.4 is 10.3 Å². The van der Waals surface area contributed by atoms with Crippen LogP contribution in [0.2, 0.25) is 0 Å². The lowest BCUT2D eigenvalue weighted by atomic mass is 9.99. The van der Waals surface area contributed by atoms with E-state index in [0.29, 0.717) is 25.1 Å². The third-order valence-corrected chi connectivity index (χ3v) is 7.53. The first-order valence-electron chi connectivity index (χ1n) is 12.3. The molecule has 4 aromatic rings. The van der Waals surface area contributed by atoms with Crippen molar-refractivity contribution in [1.82, 2.24) is 19.2 Å². The molecule has 4 heterocycles. The number of aromatic nitrogens is 3. The fourth-order valence-corrected chi connectivity index (χ4v) is 5.76. The third kappa shape index (κ3) is 4.02. The molecule has 6 rings (SSSR count). The molecule has 2 fully saturated rings. The summed E-state index contributed by atoms with van der Waals surface area (Å²) in [6, 6.07) is 17.9. The number of aryl methyl sites for hydroxylation is 1. The van der Waals surface area contributed by atoms with Crippen LogP contribution in [0.3, 0.4) is 0 Å². The van der Waals surface area contributed by atoms with Gasteiger partial charge in [-0.25, -0.2) is 4.79 Å². The second-order valence-electron chi connectivity index (χ2n) is 9.85. The third-order valence-electron chi connectivity index (χ3n) is 7.53. The minimum atomic E-state index is -0.851. The number of benzene rings is 2. The minimum Gasteiger partial charge on any atom is -0.489 e. The van der Waals surface area contributed by atoms with Gasteiger partial charge < -0.3 is 19.3 Å². The van der Waals surface area contributed by atoms with Crippen molar-refractivity contribution in [2.45, 2.75) is 50.4 Å². The van der Waals surface area contributed by atoms with E-state index in [2.05, 4.69) is 23.3 Å². The van der Waals surface area contributed by atoms with Gasteiger partial charge in [-0.3, -0.25) is 9.48 Å². The maximum Gasteiger partial charge on any atom is 0.407 e. The van der Waals surface area contributed by atoms with E-state index < -0.39 is 6.09 Å². The largest absolute Gasteiger partial charge is 0.489 e. The molecule has 8 heteroatoms. The number of piperidine rings is 1. The molecule has 8 nitrogen and oxygen atoms in total. The molecule has 2 aliphatic rings. The highest BCUT2D eigenvalue weighted by Crippen LogP contribution is 2.39. The molecule has 1 amide bonds. The lowest BCUT2D eigenvalue weighted by molar-refractivity contribution is 0.0497. The number of rotatable bonds is 5. The van der Waals surface area contributed by atoms with Crippen LogP contribution >= 0.6 is 0 Å². The van der Waals surface area contributed by atoms with Crippen molar-refractivity contribution < 1.29 is 14.6 Å². The number of ether oxygens (including phenoxy) is 1. The summed E-state index contributed by atoms with van der Waals surface area (Å²) in [5.41, 5.74) is 3.80. The predicted octanol–water partition coefficient (Wildman–Crippen LogP) is 4.50. The van der Waals surface area contributed by atoms with Crippen LogP contribution in [-0.2, 0) is 13.6 Å². The number of nitrogens with zero attached hydrogens (tertiary/aromatic N) is 4. The molecular formula is C28H28N4O4. The smallest absolute Gasteiger partial charge is 0.407 e. The molecule has 2 unspecified atom stereocenters. The Bertz CT molecular complexity index is 1480. The summed E-state index contributed by atoms with van der Waals surface area (Å²) >= 11 is 0. The predicted molar refractivity (Wildman–Crippen MR) is 136 cm³/mol. The topological polar surface area (TPSA) is 89.6 Å². The van der Waals surface area contributed by atoms with Crippen molar-refractivity contribution in [3.8, 4) is 16.9 Å². The second kappa shape index (κ2) is 8.86. The van der Waals surface area contributed by atoms with Crippen molar-refractivity contribution in [3.05, 3.63) is 82.9 Å². The van der Waals surface area contributed by atoms with Gasteiger partial charge in [0.1, 0.15) is 11.9 Å². The zero-order valence-corrected chi connectivity index (χ0v) is 20.1. The Balaban J connectivity index is 1.34. The molecule has 0 spiro atoms. The van der Waals surface area contributed by atoms with Gasteiger partial charge in [0.15, 0.2) is 0 Å². The van der Waals surface area contributed by atoms with Crippen molar-refractivity contribution in [3.63, 3.8) is 0 Å². The molecule has 2 aromatic carbocycles. The minimum absolute atomic E-state index is 0.0232. The molecule has 0 radical (unpaired) electrons. The summed E-state index contributed by atoms with van der Waals surface area (Å²) in [6.45, 7) is 0.662. The monoisotopic (exact) mass is 484 g/mol. The molecule has 2 aliphatic heterocycles. The number of hydrogen-bond donors (Lipinski definition) is 1. The van der Waals surface area contributed by atoms with E-state index in [4.69, 9.17) is 4.74 Å². The van der Waals surface area contributed by atoms with Crippen molar-refractivity contribution in [1.29, 1.82) is 0 Å². The Hall–Kier alpha value is -4.07. The summed E-state index contributed by atoms with van der Waals surface area (Å²) < 4.78 is 9.99. The number of amides is 1. The van der Waals surface area contributed by atoms with Crippen LogP contribution in [0.25, 0.3) is 22.0 Å². The normalized spacial score (nSPS) is 21.1. The Morgan fingerprint density at radius 3 is 2.56 bits per heavy atom. The maximum absolute atomic E-state index is 12.6. The van der Waals surface area contributed by atoms with Gasteiger partial charge in [0, 0.05) is 55.2 Å². The van der Waals surface area contributed by atoms with Gasteiger partial charge in [0.05, 0.1) is 18.3 Å². The molecule has 2 aromatic heterocycles. The van der Waals surface area contributed by atoms with Crippen molar-refractivity contribution in [2.24, 2.45) is 7.05 Å². The number of pyridine rings is 1. The Morgan fingerprint density at radius 1 is 1.08 bits per heavy atom. The lowest BCUT2D eigenvalue weighted by Gasteiger charge is -2.37. The van der Waals surface area contributed by atoms with E-state index in [9.17, 15) is 14.7 Å². The zero-order chi connectivity index (χ0) is 24.8. The van der Waals surface area contributed by atoms with Crippen LogP contribution in [-0.4, -0.2) is 48.6 Å². The first kappa shape index (κ1) is 22.4. The highest BCUT2D eigenvalue weighted by atomic mass is 16.5. The Morgan fingerprint density at radius 2 is 1.83 bits per heavy atom. The van der Waals surface area contributed by atoms with Crippen LogP contribution in [0.15, 0.2) is 71.8 Å². The van der Waals surface area contributed by atoms with Gasteiger partial charge >= 0.3 is 6.09 Å². The van der Waals surface area contributed by atoms with E-state index in [0.717, 1.165) is 34.9 Å². The Kier molecular flexibility index (Phi) is 5.51. The number of carboxylic acid groups (broad SMARTS) is 1. The summed E-state index contributed by atoms with van der Waals surface area (Å²) in [4.78, 5) is 25.8. The van der Waals surface area contributed by atoms with E-state index in [-0.39, 0.29) is 23.7 Å². The van der Waals surface area contributed by atoms with E-state index >= 15 is 0 Å². The number of carbonyl (C=O) groups is 1. The van der Waals surface area contributed by atoms with E-state index in [1.165, 1.54) is 5.56 Å². The van der Waals surface area contributed by atoms with Crippen LogP contribution in [0.1, 0.15) is 31.2 Å². The molecule has 0 aliphatic carbocycles. The average molecular weight is 485 g/mol. The quantitative estimate of drug-likeness (QED) is 0.450. The first-order valence-corrected chi connectivity index (χ1v) is 12.3. The average Bonchev–Trinajstić information content (AvgIpc) is 3.39. The van der Waals surface area contributed by atoms with Crippen molar-refractivity contribution in [2.75, 3.05) is 0 Å². The highest BCUT2D eigenvalue weighted by molar-refractivity contribution is 5.85. The summed E-state index contributed by atoms with van der Waals surface area (Å²) in [7, 11) is 1.74. The summed E-state index contributed by atoms with van der Waals surface area (Å²) in [5.74, 6) is 0.541.